The Balaban J connectivity index is 1.65. The molecule has 0 saturated carbocycles. The van der Waals surface area contributed by atoms with Crippen molar-refractivity contribution in [1.82, 2.24) is 10.6 Å². The van der Waals surface area contributed by atoms with Crippen LogP contribution in [0, 0.1) is 0 Å². The topological polar surface area (TPSA) is 71.7 Å². The molecule has 1 aliphatic rings. The van der Waals surface area contributed by atoms with Crippen LogP contribution < -0.4 is 21.1 Å². The van der Waals surface area contributed by atoms with Crippen LogP contribution >= 0.6 is 12.2 Å². The highest BCUT2D eigenvalue weighted by Gasteiger charge is 2.17. The van der Waals surface area contributed by atoms with Crippen molar-refractivity contribution in [2.75, 3.05) is 0 Å². The molecule has 0 unspecified atom stereocenters. The Bertz CT molecular complexity index is 685. The zero-order chi connectivity index (χ0) is 15.4. The van der Waals surface area contributed by atoms with Crippen LogP contribution in [0.25, 0.3) is 0 Å². The molecule has 22 heavy (non-hydrogen) atoms. The van der Waals surface area contributed by atoms with Gasteiger partial charge in [0.25, 0.3) is 0 Å². The normalized spacial score (nSPS) is 17.2. The molecule has 6 heteroatoms. The SMILES string of the molecule is NC1=N[C@@H](c2ccc(OCc3ccccc3)cc2)NC(=S)N1. The minimum atomic E-state index is -0.267. The van der Waals surface area contributed by atoms with Gasteiger partial charge < -0.3 is 21.1 Å². The fourth-order valence-electron chi connectivity index (χ4n) is 2.13. The number of nitrogens with two attached hydrogens (primary N) is 1. The minimum absolute atomic E-state index is 0.267. The summed E-state index contributed by atoms with van der Waals surface area (Å²) in [7, 11) is 0. The number of nitrogens with zero attached hydrogens (tertiary/aromatic N) is 1. The Morgan fingerprint density at radius 1 is 1.09 bits per heavy atom. The summed E-state index contributed by atoms with van der Waals surface area (Å²) in [4.78, 5) is 4.27. The van der Waals surface area contributed by atoms with Crippen molar-refractivity contribution in [3.05, 3.63) is 65.7 Å². The number of ether oxygens (including phenoxy) is 1. The highest BCUT2D eigenvalue weighted by Crippen LogP contribution is 2.20. The second-order valence-electron chi connectivity index (χ2n) is 4.86. The van der Waals surface area contributed by atoms with Crippen LogP contribution in [-0.4, -0.2) is 11.1 Å². The van der Waals surface area contributed by atoms with Gasteiger partial charge in [-0.3, -0.25) is 0 Å². The van der Waals surface area contributed by atoms with Gasteiger partial charge in [0.2, 0.25) is 0 Å². The van der Waals surface area contributed by atoms with Crippen LogP contribution in [0.5, 0.6) is 5.75 Å². The third-order valence-electron chi connectivity index (χ3n) is 3.22. The molecular weight excluding hydrogens is 296 g/mol. The third kappa shape index (κ3) is 3.53. The van der Waals surface area contributed by atoms with Crippen LogP contribution in [-0.2, 0) is 6.61 Å². The predicted octanol–water partition coefficient (Wildman–Crippen LogP) is 2.06. The molecule has 2 aromatic rings. The van der Waals surface area contributed by atoms with Gasteiger partial charge in [0.15, 0.2) is 11.1 Å². The molecule has 1 heterocycles. The number of guanidine groups is 1. The highest BCUT2D eigenvalue weighted by atomic mass is 32.1. The van der Waals surface area contributed by atoms with Gasteiger partial charge >= 0.3 is 0 Å². The summed E-state index contributed by atoms with van der Waals surface area (Å²) in [5.41, 5.74) is 7.79. The molecule has 4 N–H and O–H groups in total. The average molecular weight is 312 g/mol. The first-order valence-electron chi connectivity index (χ1n) is 6.88. The quantitative estimate of drug-likeness (QED) is 0.754. The van der Waals surface area contributed by atoms with Gasteiger partial charge in [-0.1, -0.05) is 42.5 Å². The summed E-state index contributed by atoms with van der Waals surface area (Å²) in [5, 5.41) is 6.28. The Kier molecular flexibility index (Phi) is 4.20. The maximum atomic E-state index is 5.76. The number of aliphatic imine (C=N–C) groups is 1. The van der Waals surface area contributed by atoms with Crippen LogP contribution in [0.1, 0.15) is 17.3 Å². The van der Waals surface area contributed by atoms with Gasteiger partial charge in [-0.25, -0.2) is 4.99 Å². The molecule has 0 fully saturated rings. The number of hydrogen-bond donors (Lipinski definition) is 3. The Morgan fingerprint density at radius 2 is 1.82 bits per heavy atom. The lowest BCUT2D eigenvalue weighted by Gasteiger charge is -2.23. The van der Waals surface area contributed by atoms with Gasteiger partial charge in [0.1, 0.15) is 18.5 Å². The Morgan fingerprint density at radius 3 is 2.50 bits per heavy atom. The maximum absolute atomic E-state index is 5.76. The molecule has 0 spiro atoms. The molecule has 2 aromatic carbocycles. The summed E-state index contributed by atoms with van der Waals surface area (Å²) >= 11 is 5.07. The third-order valence-corrected chi connectivity index (χ3v) is 3.44. The summed E-state index contributed by atoms with van der Waals surface area (Å²) in [6.07, 6.45) is -0.267. The van der Waals surface area contributed by atoms with Gasteiger partial charge in [0.05, 0.1) is 0 Å². The molecule has 5 nitrogen and oxygen atoms in total. The minimum Gasteiger partial charge on any atom is -0.489 e. The second-order valence-corrected chi connectivity index (χ2v) is 5.27. The van der Waals surface area contributed by atoms with Crippen molar-refractivity contribution in [2.24, 2.45) is 10.7 Å². The van der Waals surface area contributed by atoms with E-state index in [2.05, 4.69) is 15.6 Å². The highest BCUT2D eigenvalue weighted by molar-refractivity contribution is 7.80. The Labute approximate surface area is 134 Å². The molecule has 0 amide bonds. The van der Waals surface area contributed by atoms with E-state index in [1.54, 1.807) is 0 Å². The molecule has 1 aliphatic heterocycles. The van der Waals surface area contributed by atoms with E-state index < -0.39 is 0 Å². The number of nitrogens with one attached hydrogen (secondary N) is 2. The lowest BCUT2D eigenvalue weighted by atomic mass is 10.1. The van der Waals surface area contributed by atoms with Crippen molar-refractivity contribution < 1.29 is 4.74 Å². The van der Waals surface area contributed by atoms with Crippen molar-refractivity contribution in [3.63, 3.8) is 0 Å². The molecular formula is C16H16N4OS. The molecule has 1 atom stereocenters. The fraction of sp³-hybridized carbons (Fsp3) is 0.125. The van der Waals surface area contributed by atoms with Crippen molar-refractivity contribution in [1.29, 1.82) is 0 Å². The van der Waals surface area contributed by atoms with Crippen molar-refractivity contribution in [3.8, 4) is 5.75 Å². The van der Waals surface area contributed by atoms with E-state index in [1.165, 1.54) is 0 Å². The summed E-state index contributed by atoms with van der Waals surface area (Å²) in [6, 6.07) is 17.8. The molecule has 0 aromatic heterocycles. The number of rotatable bonds is 4. The Hall–Kier alpha value is -2.60. The zero-order valence-corrected chi connectivity index (χ0v) is 12.6. The van der Waals surface area contributed by atoms with Crippen LogP contribution in [0.2, 0.25) is 0 Å². The predicted molar refractivity (Wildman–Crippen MR) is 90.4 cm³/mol. The van der Waals surface area contributed by atoms with E-state index in [1.807, 2.05) is 54.6 Å². The van der Waals surface area contributed by atoms with E-state index in [-0.39, 0.29) is 6.17 Å². The second kappa shape index (κ2) is 6.44. The van der Waals surface area contributed by atoms with E-state index in [4.69, 9.17) is 22.7 Å². The van der Waals surface area contributed by atoms with E-state index in [0.717, 1.165) is 16.9 Å². The first-order chi connectivity index (χ1) is 10.7. The zero-order valence-electron chi connectivity index (χ0n) is 11.8. The number of benzene rings is 2. The van der Waals surface area contributed by atoms with Gasteiger partial charge in [-0.2, -0.15) is 0 Å². The fourth-order valence-corrected chi connectivity index (χ4v) is 2.34. The summed E-state index contributed by atoms with van der Waals surface area (Å²) < 4.78 is 5.76. The van der Waals surface area contributed by atoms with Crippen LogP contribution in [0.3, 0.4) is 0 Å². The molecule has 3 rings (SSSR count). The molecule has 0 radical (unpaired) electrons. The van der Waals surface area contributed by atoms with Gasteiger partial charge in [-0.05, 0) is 35.5 Å². The lowest BCUT2D eigenvalue weighted by molar-refractivity contribution is 0.306. The summed E-state index contributed by atoms with van der Waals surface area (Å²) in [6.45, 7) is 0.543. The van der Waals surface area contributed by atoms with Crippen LogP contribution in [0.15, 0.2) is 59.6 Å². The number of hydrogen-bond acceptors (Lipinski definition) is 4. The molecule has 0 aliphatic carbocycles. The summed E-state index contributed by atoms with van der Waals surface area (Å²) in [5.74, 6) is 1.12. The monoisotopic (exact) mass is 312 g/mol. The van der Waals surface area contributed by atoms with E-state index >= 15 is 0 Å². The molecule has 0 bridgehead atoms. The van der Waals surface area contributed by atoms with Crippen LogP contribution in [0.4, 0.5) is 0 Å². The first-order valence-corrected chi connectivity index (χ1v) is 7.29. The first kappa shape index (κ1) is 14.3. The standard InChI is InChI=1S/C16H16N4OS/c17-15-18-14(19-16(22)20-15)12-6-8-13(9-7-12)21-10-11-4-2-1-3-5-11/h1-9,14H,10H2,(H4,17,18,19,20,22)/t14-/m1/s1. The lowest BCUT2D eigenvalue weighted by Crippen LogP contribution is -2.49. The molecule has 0 saturated heterocycles. The van der Waals surface area contributed by atoms with Gasteiger partial charge in [0, 0.05) is 0 Å². The largest absolute Gasteiger partial charge is 0.489 e. The van der Waals surface area contributed by atoms with Gasteiger partial charge in [-0.15, -0.1) is 0 Å². The average Bonchev–Trinajstić information content (AvgIpc) is 2.53. The maximum Gasteiger partial charge on any atom is 0.197 e. The van der Waals surface area contributed by atoms with Crippen molar-refractivity contribution >= 4 is 23.3 Å². The molecule has 112 valence electrons. The van der Waals surface area contributed by atoms with E-state index in [9.17, 15) is 0 Å². The van der Waals surface area contributed by atoms with E-state index in [0.29, 0.717) is 17.7 Å². The smallest absolute Gasteiger partial charge is 0.197 e. The van der Waals surface area contributed by atoms with Crippen molar-refractivity contribution in [2.45, 2.75) is 12.8 Å². The number of thiocarbonyl (C=S) groups is 1.